The van der Waals surface area contributed by atoms with E-state index in [2.05, 4.69) is 30.2 Å². The Labute approximate surface area is 141 Å². The van der Waals surface area contributed by atoms with E-state index in [1.54, 1.807) is 4.90 Å². The van der Waals surface area contributed by atoms with E-state index >= 15 is 0 Å². The van der Waals surface area contributed by atoms with E-state index in [1.165, 1.54) is 6.20 Å². The summed E-state index contributed by atoms with van der Waals surface area (Å²) in [5.41, 5.74) is 3.00. The molecular formula is C16H14N6O3. The minimum Gasteiger partial charge on any atom is -0.346 e. The standard InChI is InChI=1S/C16H14N6O3/c23-9-18-14-7-12(11-1-4-17-15(11)20-14)10-2-5-22(6-3-10)16(24)13-8-19-25-21-13/h1-2,4,7-9H,3,5-6H2,(H2,17,18,20,23). The van der Waals surface area contributed by atoms with Crippen LogP contribution in [0.4, 0.5) is 5.82 Å². The molecule has 0 saturated carbocycles. The average Bonchev–Trinajstić information content (AvgIpc) is 3.32. The predicted molar refractivity (Wildman–Crippen MR) is 88.6 cm³/mol. The number of aromatic nitrogens is 4. The predicted octanol–water partition coefficient (Wildman–Crippen LogP) is 1.44. The summed E-state index contributed by atoms with van der Waals surface area (Å²) >= 11 is 0. The Kier molecular flexibility index (Phi) is 3.73. The molecule has 126 valence electrons. The molecule has 3 aromatic rings. The third-order valence-electron chi connectivity index (χ3n) is 4.16. The highest BCUT2D eigenvalue weighted by Crippen LogP contribution is 2.30. The molecule has 0 bridgehead atoms. The van der Waals surface area contributed by atoms with Crippen LogP contribution in [0.2, 0.25) is 0 Å². The first kappa shape index (κ1) is 15.1. The first-order valence-electron chi connectivity index (χ1n) is 7.71. The van der Waals surface area contributed by atoms with Gasteiger partial charge in [0.2, 0.25) is 6.41 Å². The van der Waals surface area contributed by atoms with E-state index in [0.717, 1.165) is 16.5 Å². The average molecular weight is 338 g/mol. The van der Waals surface area contributed by atoms with Gasteiger partial charge >= 0.3 is 0 Å². The van der Waals surface area contributed by atoms with E-state index in [9.17, 15) is 9.59 Å². The Morgan fingerprint density at radius 1 is 1.44 bits per heavy atom. The number of rotatable bonds is 4. The molecule has 0 radical (unpaired) electrons. The second-order valence-electron chi connectivity index (χ2n) is 5.58. The normalized spacial score (nSPS) is 14.4. The molecule has 4 rings (SSSR count). The number of carbonyl (C=O) groups excluding carboxylic acids is 2. The molecule has 0 aromatic carbocycles. The van der Waals surface area contributed by atoms with Crippen molar-refractivity contribution in [3.63, 3.8) is 0 Å². The number of amides is 2. The molecule has 1 aliphatic heterocycles. The lowest BCUT2D eigenvalue weighted by Crippen LogP contribution is -2.34. The molecule has 4 heterocycles. The third kappa shape index (κ3) is 2.75. The highest BCUT2D eigenvalue weighted by molar-refractivity contribution is 5.95. The van der Waals surface area contributed by atoms with Crippen LogP contribution < -0.4 is 5.32 Å². The number of nitrogens with one attached hydrogen (secondary N) is 2. The molecule has 2 amide bonds. The third-order valence-corrected chi connectivity index (χ3v) is 4.16. The van der Waals surface area contributed by atoms with Crippen molar-refractivity contribution >= 4 is 34.7 Å². The summed E-state index contributed by atoms with van der Waals surface area (Å²) in [5.74, 6) is 0.273. The number of hydrogen-bond donors (Lipinski definition) is 2. The maximum Gasteiger partial charge on any atom is 0.278 e. The van der Waals surface area contributed by atoms with Gasteiger partial charge in [0.25, 0.3) is 5.91 Å². The van der Waals surface area contributed by atoms with Crippen molar-refractivity contribution < 1.29 is 14.2 Å². The van der Waals surface area contributed by atoms with E-state index < -0.39 is 0 Å². The first-order chi connectivity index (χ1) is 12.3. The maximum atomic E-state index is 12.3. The molecule has 25 heavy (non-hydrogen) atoms. The molecule has 0 atom stereocenters. The number of pyridine rings is 1. The van der Waals surface area contributed by atoms with E-state index in [-0.39, 0.29) is 11.6 Å². The Hall–Kier alpha value is -3.49. The molecule has 3 aromatic heterocycles. The fraction of sp³-hybridized carbons (Fsp3) is 0.188. The second-order valence-corrected chi connectivity index (χ2v) is 5.58. The van der Waals surface area contributed by atoms with Crippen molar-refractivity contribution in [1.29, 1.82) is 0 Å². The fourth-order valence-corrected chi connectivity index (χ4v) is 2.96. The van der Waals surface area contributed by atoms with Crippen LogP contribution in [0.5, 0.6) is 0 Å². The number of carbonyl (C=O) groups is 2. The molecule has 1 aliphatic rings. The molecule has 0 saturated heterocycles. The topological polar surface area (TPSA) is 117 Å². The van der Waals surface area contributed by atoms with Gasteiger partial charge in [-0.15, -0.1) is 0 Å². The Morgan fingerprint density at radius 3 is 3.08 bits per heavy atom. The maximum absolute atomic E-state index is 12.3. The largest absolute Gasteiger partial charge is 0.346 e. The van der Waals surface area contributed by atoms with Crippen molar-refractivity contribution in [2.24, 2.45) is 0 Å². The monoisotopic (exact) mass is 338 g/mol. The molecule has 0 unspecified atom stereocenters. The number of aromatic amines is 1. The highest BCUT2D eigenvalue weighted by Gasteiger charge is 2.22. The van der Waals surface area contributed by atoms with Crippen LogP contribution in [0.15, 0.2) is 35.2 Å². The Morgan fingerprint density at radius 2 is 2.36 bits per heavy atom. The van der Waals surface area contributed by atoms with Crippen molar-refractivity contribution in [3.05, 3.63) is 41.9 Å². The van der Waals surface area contributed by atoms with Crippen LogP contribution >= 0.6 is 0 Å². The van der Waals surface area contributed by atoms with E-state index in [0.29, 0.717) is 37.4 Å². The zero-order valence-electron chi connectivity index (χ0n) is 13.1. The lowest BCUT2D eigenvalue weighted by atomic mass is 9.97. The van der Waals surface area contributed by atoms with Crippen LogP contribution in [-0.2, 0) is 4.79 Å². The Bertz CT molecular complexity index is 960. The van der Waals surface area contributed by atoms with Crippen LogP contribution in [0.1, 0.15) is 22.5 Å². The summed E-state index contributed by atoms with van der Waals surface area (Å²) in [6.07, 6.45) is 6.40. The zero-order valence-corrected chi connectivity index (χ0v) is 13.1. The molecule has 9 nitrogen and oxygen atoms in total. The minimum atomic E-state index is -0.207. The summed E-state index contributed by atoms with van der Waals surface area (Å²) in [5, 5.41) is 10.6. The zero-order chi connectivity index (χ0) is 17.2. The van der Waals surface area contributed by atoms with E-state index in [4.69, 9.17) is 0 Å². The number of anilines is 1. The van der Waals surface area contributed by atoms with Gasteiger partial charge < -0.3 is 15.2 Å². The van der Waals surface area contributed by atoms with Gasteiger partial charge in [-0.3, -0.25) is 9.59 Å². The molecular weight excluding hydrogens is 324 g/mol. The van der Waals surface area contributed by atoms with E-state index in [1.807, 2.05) is 24.4 Å². The summed E-state index contributed by atoms with van der Waals surface area (Å²) in [6, 6.07) is 3.79. The molecule has 0 spiro atoms. The molecule has 9 heteroatoms. The molecule has 0 aliphatic carbocycles. The van der Waals surface area contributed by atoms with Gasteiger partial charge in [-0.2, -0.15) is 0 Å². The lowest BCUT2D eigenvalue weighted by Gasteiger charge is -2.26. The Balaban J connectivity index is 1.63. The van der Waals surface area contributed by atoms with Gasteiger partial charge in [0.15, 0.2) is 5.69 Å². The summed E-state index contributed by atoms with van der Waals surface area (Å²) in [6.45, 7) is 1.02. The summed E-state index contributed by atoms with van der Waals surface area (Å²) < 4.78 is 4.48. The van der Waals surface area contributed by atoms with Crippen molar-refractivity contribution in [2.45, 2.75) is 6.42 Å². The van der Waals surface area contributed by atoms with Crippen molar-refractivity contribution in [1.82, 2.24) is 25.2 Å². The number of hydrogen-bond acceptors (Lipinski definition) is 6. The first-order valence-corrected chi connectivity index (χ1v) is 7.71. The number of nitrogens with zero attached hydrogens (tertiary/aromatic N) is 4. The van der Waals surface area contributed by atoms with Crippen LogP contribution in [0.25, 0.3) is 16.6 Å². The second kappa shape index (κ2) is 6.19. The van der Waals surface area contributed by atoms with Gasteiger partial charge in [0.05, 0.1) is 0 Å². The van der Waals surface area contributed by atoms with Gasteiger partial charge in [0.1, 0.15) is 17.7 Å². The van der Waals surface area contributed by atoms with Gasteiger partial charge in [-0.1, -0.05) is 11.2 Å². The number of H-pyrrole nitrogens is 1. The van der Waals surface area contributed by atoms with Crippen LogP contribution in [0.3, 0.4) is 0 Å². The fourth-order valence-electron chi connectivity index (χ4n) is 2.96. The van der Waals surface area contributed by atoms with Crippen LogP contribution in [0, 0.1) is 0 Å². The van der Waals surface area contributed by atoms with Crippen molar-refractivity contribution in [3.8, 4) is 0 Å². The molecule has 2 N–H and O–H groups in total. The van der Waals surface area contributed by atoms with Crippen LogP contribution in [-0.4, -0.2) is 50.6 Å². The van der Waals surface area contributed by atoms with Crippen molar-refractivity contribution in [2.75, 3.05) is 18.4 Å². The molecule has 0 fully saturated rings. The smallest absolute Gasteiger partial charge is 0.278 e. The summed E-state index contributed by atoms with van der Waals surface area (Å²) in [4.78, 5) is 32.1. The van der Waals surface area contributed by atoms with Gasteiger partial charge in [-0.05, 0) is 34.8 Å². The quantitative estimate of drug-likeness (QED) is 0.695. The van der Waals surface area contributed by atoms with Gasteiger partial charge in [0, 0.05) is 24.7 Å². The lowest BCUT2D eigenvalue weighted by molar-refractivity contribution is -0.105. The summed E-state index contributed by atoms with van der Waals surface area (Å²) in [7, 11) is 0. The van der Waals surface area contributed by atoms with Gasteiger partial charge in [-0.25, -0.2) is 9.61 Å². The number of fused-ring (bicyclic) bond motifs is 1. The highest BCUT2D eigenvalue weighted by atomic mass is 16.6. The minimum absolute atomic E-state index is 0.200. The SMILES string of the molecule is O=CNc1cc(C2=CCN(C(=O)c3cnon3)CC2)c2cc[nH]c2n1.